The lowest BCUT2D eigenvalue weighted by Crippen LogP contribution is -2.33. The lowest BCUT2D eigenvalue weighted by Gasteiger charge is -2.20. The van der Waals surface area contributed by atoms with Crippen LogP contribution >= 0.6 is 0 Å². The largest absolute Gasteiger partial charge is 0.495 e. The lowest BCUT2D eigenvalue weighted by atomic mass is 10.1. The SMILES string of the molecule is CCCNC(=O)[C@@H]1CC(=O)N(c2cc(C)ccc2OC)C1. The van der Waals surface area contributed by atoms with E-state index in [1.165, 1.54) is 0 Å². The molecule has 2 amide bonds. The summed E-state index contributed by atoms with van der Waals surface area (Å²) in [6.45, 7) is 5.03. The van der Waals surface area contributed by atoms with Crippen LogP contribution < -0.4 is 15.0 Å². The number of carbonyl (C=O) groups is 2. The predicted octanol–water partition coefficient (Wildman–Crippen LogP) is 1.88. The number of nitrogens with zero attached hydrogens (tertiary/aromatic N) is 1. The summed E-state index contributed by atoms with van der Waals surface area (Å²) >= 11 is 0. The molecular formula is C16H22N2O3. The molecule has 0 unspecified atom stereocenters. The van der Waals surface area contributed by atoms with Crippen molar-refractivity contribution < 1.29 is 14.3 Å². The van der Waals surface area contributed by atoms with Gasteiger partial charge in [-0.05, 0) is 31.0 Å². The van der Waals surface area contributed by atoms with Crippen LogP contribution in [0.4, 0.5) is 5.69 Å². The second-order valence-electron chi connectivity index (χ2n) is 5.37. The molecular weight excluding hydrogens is 268 g/mol. The summed E-state index contributed by atoms with van der Waals surface area (Å²) in [5.41, 5.74) is 1.80. The normalized spacial score (nSPS) is 18.0. The molecule has 114 valence electrons. The number of hydrogen-bond acceptors (Lipinski definition) is 3. The van der Waals surface area contributed by atoms with Crippen molar-refractivity contribution >= 4 is 17.5 Å². The zero-order valence-electron chi connectivity index (χ0n) is 12.8. The summed E-state index contributed by atoms with van der Waals surface area (Å²) in [5.74, 6) is 0.299. The maximum atomic E-state index is 12.2. The van der Waals surface area contributed by atoms with Crippen molar-refractivity contribution in [2.24, 2.45) is 5.92 Å². The Kier molecular flexibility index (Phi) is 4.83. The predicted molar refractivity (Wildman–Crippen MR) is 81.5 cm³/mol. The number of hydrogen-bond donors (Lipinski definition) is 1. The van der Waals surface area contributed by atoms with Crippen molar-refractivity contribution in [2.75, 3.05) is 25.1 Å². The average Bonchev–Trinajstić information content (AvgIpc) is 2.86. The van der Waals surface area contributed by atoms with Crippen molar-refractivity contribution in [1.29, 1.82) is 0 Å². The molecule has 0 radical (unpaired) electrons. The Morgan fingerprint density at radius 2 is 2.24 bits per heavy atom. The van der Waals surface area contributed by atoms with Gasteiger partial charge < -0.3 is 15.0 Å². The third-order valence-corrected chi connectivity index (χ3v) is 3.67. The fraction of sp³-hybridized carbons (Fsp3) is 0.500. The van der Waals surface area contributed by atoms with Crippen molar-refractivity contribution in [2.45, 2.75) is 26.7 Å². The van der Waals surface area contributed by atoms with Gasteiger partial charge in [-0.15, -0.1) is 0 Å². The second kappa shape index (κ2) is 6.61. The van der Waals surface area contributed by atoms with E-state index >= 15 is 0 Å². The third kappa shape index (κ3) is 3.35. The third-order valence-electron chi connectivity index (χ3n) is 3.67. The zero-order chi connectivity index (χ0) is 15.4. The average molecular weight is 290 g/mol. The molecule has 1 aliphatic rings. The van der Waals surface area contributed by atoms with Gasteiger partial charge in [0, 0.05) is 19.5 Å². The first kappa shape index (κ1) is 15.4. The van der Waals surface area contributed by atoms with Gasteiger partial charge in [-0.3, -0.25) is 9.59 Å². The topological polar surface area (TPSA) is 58.6 Å². The fourth-order valence-corrected chi connectivity index (χ4v) is 2.52. The van der Waals surface area contributed by atoms with E-state index in [0.29, 0.717) is 18.8 Å². The first-order valence-electron chi connectivity index (χ1n) is 7.29. The van der Waals surface area contributed by atoms with Crippen molar-refractivity contribution in [3.05, 3.63) is 23.8 Å². The Morgan fingerprint density at radius 3 is 2.90 bits per heavy atom. The molecule has 1 aliphatic heterocycles. The summed E-state index contributed by atoms with van der Waals surface area (Å²) in [7, 11) is 1.58. The maximum Gasteiger partial charge on any atom is 0.227 e. The molecule has 0 aromatic heterocycles. The molecule has 1 atom stereocenters. The number of ether oxygens (including phenoxy) is 1. The molecule has 5 nitrogen and oxygen atoms in total. The molecule has 0 aliphatic carbocycles. The highest BCUT2D eigenvalue weighted by atomic mass is 16.5. The van der Waals surface area contributed by atoms with Gasteiger partial charge >= 0.3 is 0 Å². The quantitative estimate of drug-likeness (QED) is 0.901. The van der Waals surface area contributed by atoms with Gasteiger partial charge in [0.05, 0.1) is 18.7 Å². The molecule has 0 bridgehead atoms. The minimum absolute atomic E-state index is 0.0319. The number of benzene rings is 1. The fourth-order valence-electron chi connectivity index (χ4n) is 2.52. The molecule has 1 heterocycles. The Labute approximate surface area is 125 Å². The molecule has 1 fully saturated rings. The number of amides is 2. The van der Waals surface area contributed by atoms with Crippen LogP contribution in [-0.2, 0) is 9.59 Å². The minimum atomic E-state index is -0.283. The highest BCUT2D eigenvalue weighted by Gasteiger charge is 2.36. The standard InChI is InChI=1S/C16H22N2O3/c1-4-7-17-16(20)12-9-15(19)18(10-12)13-8-11(2)5-6-14(13)21-3/h5-6,8,12H,4,7,9-10H2,1-3H3,(H,17,20)/t12-/m1/s1. The molecule has 1 saturated heterocycles. The van der Waals surface area contributed by atoms with E-state index < -0.39 is 0 Å². The highest BCUT2D eigenvalue weighted by Crippen LogP contribution is 2.33. The minimum Gasteiger partial charge on any atom is -0.495 e. The van der Waals surface area contributed by atoms with Gasteiger partial charge in [0.15, 0.2) is 0 Å². The number of anilines is 1. The van der Waals surface area contributed by atoms with Crippen LogP contribution in [0.3, 0.4) is 0 Å². The van der Waals surface area contributed by atoms with Gasteiger partial charge in [0.25, 0.3) is 0 Å². The summed E-state index contributed by atoms with van der Waals surface area (Å²) in [5, 5.41) is 2.86. The van der Waals surface area contributed by atoms with E-state index in [9.17, 15) is 9.59 Å². The Hall–Kier alpha value is -2.04. The summed E-state index contributed by atoms with van der Waals surface area (Å²) < 4.78 is 5.33. The summed E-state index contributed by atoms with van der Waals surface area (Å²) in [6, 6.07) is 5.71. The van der Waals surface area contributed by atoms with Crippen molar-refractivity contribution in [3.8, 4) is 5.75 Å². The molecule has 1 N–H and O–H groups in total. The van der Waals surface area contributed by atoms with Crippen LogP contribution in [0, 0.1) is 12.8 Å². The van der Waals surface area contributed by atoms with E-state index in [1.807, 2.05) is 32.0 Å². The van der Waals surface area contributed by atoms with Crippen LogP contribution in [0.1, 0.15) is 25.3 Å². The van der Waals surface area contributed by atoms with Gasteiger partial charge in [-0.1, -0.05) is 13.0 Å². The van der Waals surface area contributed by atoms with Gasteiger partial charge in [0.1, 0.15) is 5.75 Å². The zero-order valence-corrected chi connectivity index (χ0v) is 12.8. The van der Waals surface area contributed by atoms with E-state index in [2.05, 4.69) is 5.32 Å². The summed E-state index contributed by atoms with van der Waals surface area (Å²) in [4.78, 5) is 25.9. The second-order valence-corrected chi connectivity index (χ2v) is 5.37. The first-order valence-corrected chi connectivity index (χ1v) is 7.29. The van der Waals surface area contributed by atoms with Gasteiger partial charge in [-0.25, -0.2) is 0 Å². The molecule has 5 heteroatoms. The lowest BCUT2D eigenvalue weighted by molar-refractivity contribution is -0.126. The highest BCUT2D eigenvalue weighted by molar-refractivity contribution is 6.01. The van der Waals surface area contributed by atoms with E-state index in [-0.39, 0.29) is 24.2 Å². The van der Waals surface area contributed by atoms with Gasteiger partial charge in [0.2, 0.25) is 11.8 Å². The first-order chi connectivity index (χ1) is 10.1. The molecule has 1 aromatic carbocycles. The Morgan fingerprint density at radius 1 is 1.48 bits per heavy atom. The molecule has 2 rings (SSSR count). The van der Waals surface area contributed by atoms with Gasteiger partial charge in [-0.2, -0.15) is 0 Å². The monoisotopic (exact) mass is 290 g/mol. The molecule has 1 aromatic rings. The number of methoxy groups -OCH3 is 1. The molecule has 0 spiro atoms. The van der Waals surface area contributed by atoms with E-state index in [1.54, 1.807) is 12.0 Å². The van der Waals surface area contributed by atoms with Crippen LogP contribution in [-0.4, -0.2) is 32.0 Å². The van der Waals surface area contributed by atoms with Crippen LogP contribution in [0.25, 0.3) is 0 Å². The number of aryl methyl sites for hydroxylation is 1. The van der Waals surface area contributed by atoms with Crippen LogP contribution in [0.5, 0.6) is 5.75 Å². The smallest absolute Gasteiger partial charge is 0.227 e. The Bertz CT molecular complexity index is 542. The Balaban J connectivity index is 2.17. The van der Waals surface area contributed by atoms with Crippen LogP contribution in [0.2, 0.25) is 0 Å². The number of nitrogens with one attached hydrogen (secondary N) is 1. The van der Waals surface area contributed by atoms with E-state index in [4.69, 9.17) is 4.74 Å². The maximum absolute atomic E-state index is 12.2. The molecule has 21 heavy (non-hydrogen) atoms. The number of carbonyl (C=O) groups excluding carboxylic acids is 2. The number of rotatable bonds is 5. The van der Waals surface area contributed by atoms with Crippen LogP contribution in [0.15, 0.2) is 18.2 Å². The molecule has 0 saturated carbocycles. The van der Waals surface area contributed by atoms with Crippen molar-refractivity contribution in [1.82, 2.24) is 5.32 Å². The van der Waals surface area contributed by atoms with Crippen molar-refractivity contribution in [3.63, 3.8) is 0 Å². The summed E-state index contributed by atoms with van der Waals surface area (Å²) in [6.07, 6.45) is 1.15. The van der Waals surface area contributed by atoms with E-state index in [0.717, 1.165) is 17.7 Å².